The summed E-state index contributed by atoms with van der Waals surface area (Å²) in [7, 11) is 0. The molecule has 1 N–H and O–H groups in total. The van der Waals surface area contributed by atoms with Crippen LogP contribution < -0.4 is 5.43 Å². The van der Waals surface area contributed by atoms with E-state index in [0.717, 1.165) is 5.76 Å². The van der Waals surface area contributed by atoms with E-state index in [0.29, 0.717) is 11.5 Å². The third-order valence-corrected chi connectivity index (χ3v) is 2.17. The molecule has 2 rings (SSSR count). The number of amides is 1. The lowest BCUT2D eigenvalue weighted by Crippen LogP contribution is -2.18. The first-order valence-corrected chi connectivity index (χ1v) is 5.12. The second kappa shape index (κ2) is 4.69. The summed E-state index contributed by atoms with van der Waals surface area (Å²) in [5.41, 5.74) is 2.98. The summed E-state index contributed by atoms with van der Waals surface area (Å²) in [4.78, 5) is 11.5. The van der Waals surface area contributed by atoms with Crippen LogP contribution in [0, 0.1) is 6.92 Å². The highest BCUT2D eigenvalue weighted by Crippen LogP contribution is 2.07. The minimum atomic E-state index is -0.391. The van der Waals surface area contributed by atoms with Crippen LogP contribution in [0.3, 0.4) is 0 Å². The number of carbonyl (C=O) groups excluding carboxylic acids is 1. The van der Waals surface area contributed by atoms with Gasteiger partial charge in [0, 0.05) is 0 Å². The Kier molecular flexibility index (Phi) is 3.09. The molecule has 0 spiro atoms. The van der Waals surface area contributed by atoms with E-state index in [4.69, 9.17) is 8.83 Å². The van der Waals surface area contributed by atoms with Crippen LogP contribution in [-0.2, 0) is 0 Å². The van der Waals surface area contributed by atoms with Crippen molar-refractivity contribution in [2.24, 2.45) is 5.10 Å². The van der Waals surface area contributed by atoms with Crippen molar-refractivity contribution in [1.82, 2.24) is 5.43 Å². The quantitative estimate of drug-likeness (QED) is 0.652. The van der Waals surface area contributed by atoms with Crippen LogP contribution in [0.25, 0.3) is 0 Å². The molecule has 0 bridgehead atoms. The Bertz CT molecular complexity index is 538. The molecule has 0 radical (unpaired) electrons. The molecule has 88 valence electrons. The smallest absolute Gasteiger partial charge is 0.307 e. The van der Waals surface area contributed by atoms with Gasteiger partial charge in [-0.2, -0.15) is 5.10 Å². The fourth-order valence-corrected chi connectivity index (χ4v) is 1.28. The molecule has 0 fully saturated rings. The first-order chi connectivity index (χ1) is 8.16. The van der Waals surface area contributed by atoms with Crippen molar-refractivity contribution in [1.29, 1.82) is 0 Å². The van der Waals surface area contributed by atoms with Gasteiger partial charge in [-0.3, -0.25) is 4.79 Å². The molecule has 0 aromatic carbocycles. The van der Waals surface area contributed by atoms with Gasteiger partial charge in [0.15, 0.2) is 5.76 Å². The number of carbonyl (C=O) groups is 1. The van der Waals surface area contributed by atoms with Crippen molar-refractivity contribution < 1.29 is 13.6 Å². The van der Waals surface area contributed by atoms with Gasteiger partial charge in [0.05, 0.1) is 6.26 Å². The van der Waals surface area contributed by atoms with E-state index in [1.807, 2.05) is 13.0 Å². The lowest BCUT2D eigenvalue weighted by Gasteiger charge is -1.98. The van der Waals surface area contributed by atoms with Crippen molar-refractivity contribution in [3.8, 4) is 0 Å². The van der Waals surface area contributed by atoms with Gasteiger partial charge >= 0.3 is 5.91 Å². The van der Waals surface area contributed by atoms with Gasteiger partial charge in [0.1, 0.15) is 17.2 Å². The Morgan fingerprint density at radius 3 is 2.71 bits per heavy atom. The van der Waals surface area contributed by atoms with Crippen LogP contribution >= 0.6 is 0 Å². The Labute approximate surface area is 98.1 Å². The highest BCUT2D eigenvalue weighted by molar-refractivity contribution is 5.98. The lowest BCUT2D eigenvalue weighted by molar-refractivity contribution is 0.0927. The van der Waals surface area contributed by atoms with Crippen molar-refractivity contribution in [2.45, 2.75) is 13.8 Å². The second-order valence-corrected chi connectivity index (χ2v) is 3.53. The zero-order valence-corrected chi connectivity index (χ0v) is 9.56. The highest BCUT2D eigenvalue weighted by atomic mass is 16.3. The van der Waals surface area contributed by atoms with Crippen LogP contribution in [0.4, 0.5) is 0 Å². The van der Waals surface area contributed by atoms with Crippen molar-refractivity contribution in [3.63, 3.8) is 0 Å². The van der Waals surface area contributed by atoms with Crippen LogP contribution in [0.1, 0.15) is 29.0 Å². The molecule has 0 aliphatic carbocycles. The minimum Gasteiger partial charge on any atom is -0.460 e. The Morgan fingerprint density at radius 2 is 2.12 bits per heavy atom. The molecule has 0 unspecified atom stereocenters. The molecular formula is C12H12N2O3. The largest absolute Gasteiger partial charge is 0.460 e. The summed E-state index contributed by atoms with van der Waals surface area (Å²) in [6.45, 7) is 3.60. The molecular weight excluding hydrogens is 220 g/mol. The average molecular weight is 232 g/mol. The number of hydrogen-bond acceptors (Lipinski definition) is 4. The molecule has 2 aromatic heterocycles. The van der Waals surface area contributed by atoms with Crippen molar-refractivity contribution in [3.05, 3.63) is 47.8 Å². The van der Waals surface area contributed by atoms with Gasteiger partial charge in [-0.25, -0.2) is 5.43 Å². The summed E-state index contributed by atoms with van der Waals surface area (Å²) < 4.78 is 10.3. The van der Waals surface area contributed by atoms with Gasteiger partial charge in [0.2, 0.25) is 0 Å². The summed E-state index contributed by atoms with van der Waals surface area (Å²) in [5.74, 6) is 1.25. The SMILES string of the molecule is C/C(=N\NC(=O)c1ccco1)c1ccc(C)o1. The van der Waals surface area contributed by atoms with Gasteiger partial charge in [-0.05, 0) is 38.1 Å². The van der Waals surface area contributed by atoms with E-state index in [-0.39, 0.29) is 5.76 Å². The Hall–Kier alpha value is -2.30. The molecule has 2 aromatic rings. The molecule has 1 amide bonds. The molecule has 17 heavy (non-hydrogen) atoms. The van der Waals surface area contributed by atoms with Gasteiger partial charge in [0.25, 0.3) is 0 Å². The Balaban J connectivity index is 2.04. The van der Waals surface area contributed by atoms with E-state index in [9.17, 15) is 4.79 Å². The fourth-order valence-electron chi connectivity index (χ4n) is 1.28. The van der Waals surface area contributed by atoms with E-state index >= 15 is 0 Å². The van der Waals surface area contributed by atoms with Gasteiger partial charge < -0.3 is 8.83 Å². The third-order valence-electron chi connectivity index (χ3n) is 2.17. The highest BCUT2D eigenvalue weighted by Gasteiger charge is 2.08. The number of nitrogens with zero attached hydrogens (tertiary/aromatic N) is 1. The number of hydrogen-bond donors (Lipinski definition) is 1. The fraction of sp³-hybridized carbons (Fsp3) is 0.167. The van der Waals surface area contributed by atoms with Crippen LogP contribution in [0.2, 0.25) is 0 Å². The predicted molar refractivity (Wildman–Crippen MR) is 61.8 cm³/mol. The monoisotopic (exact) mass is 232 g/mol. The van der Waals surface area contributed by atoms with Crippen molar-refractivity contribution in [2.75, 3.05) is 0 Å². The zero-order chi connectivity index (χ0) is 12.3. The number of aryl methyl sites for hydroxylation is 1. The number of hydrazone groups is 1. The summed E-state index contributed by atoms with van der Waals surface area (Å²) in [6.07, 6.45) is 1.43. The Morgan fingerprint density at radius 1 is 1.29 bits per heavy atom. The maximum atomic E-state index is 11.5. The molecule has 5 heteroatoms. The summed E-state index contributed by atoms with van der Waals surface area (Å²) in [5, 5.41) is 3.93. The summed E-state index contributed by atoms with van der Waals surface area (Å²) >= 11 is 0. The molecule has 0 aliphatic rings. The van der Waals surface area contributed by atoms with Crippen LogP contribution in [0.5, 0.6) is 0 Å². The first kappa shape index (κ1) is 11.2. The maximum Gasteiger partial charge on any atom is 0.307 e. The lowest BCUT2D eigenvalue weighted by atomic mass is 10.3. The number of rotatable bonds is 3. The summed E-state index contributed by atoms with van der Waals surface area (Å²) in [6, 6.07) is 6.84. The second-order valence-electron chi connectivity index (χ2n) is 3.53. The predicted octanol–water partition coefficient (Wildman–Crippen LogP) is 2.34. The average Bonchev–Trinajstić information content (AvgIpc) is 2.95. The van der Waals surface area contributed by atoms with Crippen LogP contribution in [0.15, 0.2) is 44.5 Å². The standard InChI is InChI=1S/C12H12N2O3/c1-8-5-6-10(17-8)9(2)13-14-12(15)11-4-3-7-16-11/h3-7H,1-2H3,(H,14,15)/b13-9+. The van der Waals surface area contributed by atoms with Gasteiger partial charge in [-0.1, -0.05) is 0 Å². The van der Waals surface area contributed by atoms with E-state index in [1.54, 1.807) is 25.1 Å². The molecule has 5 nitrogen and oxygen atoms in total. The third kappa shape index (κ3) is 2.63. The molecule has 0 atom stereocenters. The molecule has 0 saturated heterocycles. The topological polar surface area (TPSA) is 67.7 Å². The van der Waals surface area contributed by atoms with E-state index in [1.165, 1.54) is 6.26 Å². The zero-order valence-electron chi connectivity index (χ0n) is 9.56. The molecule has 0 saturated carbocycles. The minimum absolute atomic E-state index is 0.220. The number of furan rings is 2. The van der Waals surface area contributed by atoms with Crippen LogP contribution in [-0.4, -0.2) is 11.6 Å². The van der Waals surface area contributed by atoms with E-state index < -0.39 is 5.91 Å². The first-order valence-electron chi connectivity index (χ1n) is 5.12. The normalized spacial score (nSPS) is 11.5. The van der Waals surface area contributed by atoms with Gasteiger partial charge in [-0.15, -0.1) is 0 Å². The van der Waals surface area contributed by atoms with E-state index in [2.05, 4.69) is 10.5 Å². The molecule has 0 aliphatic heterocycles. The van der Waals surface area contributed by atoms with Crippen molar-refractivity contribution >= 4 is 11.6 Å². The number of nitrogens with one attached hydrogen (secondary N) is 1. The maximum absolute atomic E-state index is 11.5. The molecule has 2 heterocycles.